The van der Waals surface area contributed by atoms with E-state index in [1.54, 1.807) is 7.11 Å². The van der Waals surface area contributed by atoms with Gasteiger partial charge in [-0.25, -0.2) is 0 Å². The number of carbonyl (C=O) groups is 1. The molecule has 1 fully saturated rings. The van der Waals surface area contributed by atoms with Crippen LogP contribution >= 0.6 is 11.8 Å². The van der Waals surface area contributed by atoms with Crippen LogP contribution in [0.25, 0.3) is 0 Å². The number of H-pyrrole nitrogens is 1. The monoisotopic (exact) mass is 461 g/mol. The molecule has 172 valence electrons. The van der Waals surface area contributed by atoms with Gasteiger partial charge in [-0.3, -0.25) is 19.4 Å². The zero-order valence-corrected chi connectivity index (χ0v) is 19.2. The number of nitrogens with one attached hydrogen (secondary N) is 2. The third-order valence-electron chi connectivity index (χ3n) is 6.05. The molecule has 0 aliphatic carbocycles. The summed E-state index contributed by atoms with van der Waals surface area (Å²) in [6.07, 6.45) is 1.49. The summed E-state index contributed by atoms with van der Waals surface area (Å²) in [5.41, 5.74) is 0.842. The highest BCUT2D eigenvalue weighted by Gasteiger charge is 2.36. The lowest BCUT2D eigenvalue weighted by molar-refractivity contribution is -0.113. The molecule has 3 aliphatic heterocycles. The molecule has 2 aromatic rings. The average Bonchev–Trinajstić information content (AvgIpc) is 2.97. The van der Waals surface area contributed by atoms with E-state index in [9.17, 15) is 9.59 Å². The van der Waals surface area contributed by atoms with E-state index < -0.39 is 0 Å². The lowest BCUT2D eigenvalue weighted by atomic mass is 9.94. The highest BCUT2D eigenvalue weighted by Crippen LogP contribution is 2.47. The maximum atomic E-state index is 13.2. The molecule has 2 N–H and O–H groups in total. The number of amides is 1. The molecule has 2 atom stereocenters. The number of methoxy groups -OCH3 is 1. The minimum Gasteiger partial charge on any atom is -0.493 e. The summed E-state index contributed by atoms with van der Waals surface area (Å²) in [5.74, 6) is 2.32. The number of anilines is 1. The zero-order chi connectivity index (χ0) is 22.5. The fraction of sp³-hybridized carbons (Fsp3) is 0.545. The van der Waals surface area contributed by atoms with Crippen molar-refractivity contribution >= 4 is 23.5 Å². The quantitative estimate of drug-likeness (QED) is 0.724. The maximum Gasteiger partial charge on any atom is 0.270 e. The van der Waals surface area contributed by atoms with E-state index >= 15 is 0 Å². The first kappa shape index (κ1) is 21.3. The normalized spacial score (nSPS) is 24.3. The number of hydrogen-bond donors (Lipinski definition) is 2. The molecular weight excluding hydrogens is 434 g/mol. The maximum absolute atomic E-state index is 13.2. The molecule has 0 unspecified atom stereocenters. The summed E-state index contributed by atoms with van der Waals surface area (Å²) >= 11 is 1.41. The molecule has 1 aromatic heterocycles. The second kappa shape index (κ2) is 8.08. The molecule has 4 heterocycles. The molecule has 0 radical (unpaired) electrons. The lowest BCUT2D eigenvalue weighted by Crippen LogP contribution is -2.36. The number of fused-ring (bicyclic) bond motifs is 2. The Morgan fingerprint density at radius 1 is 1.19 bits per heavy atom. The van der Waals surface area contributed by atoms with E-state index in [1.807, 2.05) is 30.7 Å². The van der Waals surface area contributed by atoms with Crippen LogP contribution in [0.5, 0.6) is 17.2 Å². The smallest absolute Gasteiger partial charge is 0.270 e. The van der Waals surface area contributed by atoms with Crippen LogP contribution in [0.3, 0.4) is 0 Å². The summed E-state index contributed by atoms with van der Waals surface area (Å²) in [7, 11) is 1.57. The first-order valence-electron chi connectivity index (χ1n) is 10.7. The SMILES string of the molecule is COc1cc([C@@H]2SCC(=O)Nc3c2c(=O)[nH]n3[C@@H]2CCOC(C)(C)C2)cc2c1OCCO2. The first-order chi connectivity index (χ1) is 15.4. The number of thioether (sulfide) groups is 1. The van der Waals surface area contributed by atoms with Crippen LogP contribution in [0, 0.1) is 0 Å². The van der Waals surface area contributed by atoms with Crippen molar-refractivity contribution in [3.05, 3.63) is 33.6 Å². The van der Waals surface area contributed by atoms with E-state index in [0.717, 1.165) is 18.4 Å². The molecule has 9 nitrogen and oxygen atoms in total. The highest BCUT2D eigenvalue weighted by molar-refractivity contribution is 8.00. The topological polar surface area (TPSA) is 104 Å². The van der Waals surface area contributed by atoms with Gasteiger partial charge in [-0.05, 0) is 44.4 Å². The third-order valence-corrected chi connectivity index (χ3v) is 7.32. The minimum atomic E-state index is -0.369. The fourth-order valence-electron chi connectivity index (χ4n) is 4.65. The van der Waals surface area contributed by atoms with Gasteiger partial charge in [0.05, 0.1) is 35.3 Å². The van der Waals surface area contributed by atoms with Gasteiger partial charge >= 0.3 is 0 Å². The van der Waals surface area contributed by atoms with Crippen molar-refractivity contribution in [2.75, 3.05) is 38.0 Å². The van der Waals surface area contributed by atoms with Gasteiger partial charge in [-0.1, -0.05) is 0 Å². The third kappa shape index (κ3) is 3.75. The number of ether oxygens (including phenoxy) is 4. The van der Waals surface area contributed by atoms with Crippen LogP contribution in [0.15, 0.2) is 16.9 Å². The Hall–Kier alpha value is -2.59. The molecule has 3 aliphatic rings. The van der Waals surface area contributed by atoms with Crippen molar-refractivity contribution in [2.24, 2.45) is 0 Å². The Balaban J connectivity index is 1.61. The molecule has 0 spiro atoms. The summed E-state index contributed by atoms with van der Waals surface area (Å²) in [6, 6.07) is 3.76. The molecule has 5 rings (SSSR count). The van der Waals surface area contributed by atoms with Crippen LogP contribution in [0.4, 0.5) is 5.82 Å². The minimum absolute atomic E-state index is 0.0223. The fourth-order valence-corrected chi connectivity index (χ4v) is 5.75. The number of aromatic amines is 1. The van der Waals surface area contributed by atoms with E-state index in [0.29, 0.717) is 48.5 Å². The molecule has 1 saturated heterocycles. The Bertz CT molecular complexity index is 1090. The van der Waals surface area contributed by atoms with Crippen LogP contribution in [0.2, 0.25) is 0 Å². The second-order valence-electron chi connectivity index (χ2n) is 8.81. The van der Waals surface area contributed by atoms with E-state index in [1.165, 1.54) is 11.8 Å². The summed E-state index contributed by atoms with van der Waals surface area (Å²) in [4.78, 5) is 25.8. The Morgan fingerprint density at radius 2 is 2.00 bits per heavy atom. The molecule has 32 heavy (non-hydrogen) atoms. The molecule has 1 aromatic carbocycles. The van der Waals surface area contributed by atoms with E-state index in [4.69, 9.17) is 18.9 Å². The van der Waals surface area contributed by atoms with Crippen LogP contribution < -0.4 is 25.1 Å². The molecular formula is C22H27N3O6S. The van der Waals surface area contributed by atoms with Gasteiger partial charge in [0.1, 0.15) is 19.0 Å². The Labute approximate surface area is 189 Å². The number of nitrogens with zero attached hydrogens (tertiary/aromatic N) is 1. The van der Waals surface area contributed by atoms with Crippen molar-refractivity contribution in [3.8, 4) is 17.2 Å². The molecule has 10 heteroatoms. The molecule has 0 saturated carbocycles. The van der Waals surface area contributed by atoms with Crippen molar-refractivity contribution in [1.82, 2.24) is 9.78 Å². The second-order valence-corrected chi connectivity index (χ2v) is 9.91. The van der Waals surface area contributed by atoms with Gasteiger partial charge in [0.15, 0.2) is 11.5 Å². The lowest BCUT2D eigenvalue weighted by Gasteiger charge is -2.36. The van der Waals surface area contributed by atoms with E-state index in [-0.39, 0.29) is 34.1 Å². The van der Waals surface area contributed by atoms with Gasteiger partial charge in [0, 0.05) is 6.61 Å². The Kier molecular flexibility index (Phi) is 5.37. The number of aromatic nitrogens is 2. The highest BCUT2D eigenvalue weighted by atomic mass is 32.2. The van der Waals surface area contributed by atoms with E-state index in [2.05, 4.69) is 10.4 Å². The zero-order valence-electron chi connectivity index (χ0n) is 18.4. The molecule has 0 bridgehead atoms. The predicted octanol–water partition coefficient (Wildman–Crippen LogP) is 2.86. The van der Waals surface area contributed by atoms with Gasteiger partial charge in [0.2, 0.25) is 11.7 Å². The van der Waals surface area contributed by atoms with Gasteiger partial charge in [0.25, 0.3) is 5.56 Å². The predicted molar refractivity (Wildman–Crippen MR) is 120 cm³/mol. The summed E-state index contributed by atoms with van der Waals surface area (Å²) in [6.45, 7) is 5.57. The standard InChI is InChI=1S/C22H27N3O6S/c1-22(2)10-13(4-5-31-22)25-20-17(21(27)24-25)19(32-11-16(26)23-20)12-8-14(28-3)18-15(9-12)29-6-7-30-18/h8-9,13,19H,4-7,10-11H2,1-3H3,(H,23,26)(H,24,27)/t13-,19+/m1/s1. The van der Waals surface area contributed by atoms with Crippen molar-refractivity contribution in [3.63, 3.8) is 0 Å². The van der Waals surface area contributed by atoms with Crippen molar-refractivity contribution in [1.29, 1.82) is 0 Å². The summed E-state index contributed by atoms with van der Waals surface area (Å²) < 4.78 is 24.7. The van der Waals surface area contributed by atoms with Crippen molar-refractivity contribution in [2.45, 2.75) is 43.6 Å². The van der Waals surface area contributed by atoms with Gasteiger partial charge in [-0.15, -0.1) is 11.8 Å². The van der Waals surface area contributed by atoms with Crippen LogP contribution in [-0.2, 0) is 9.53 Å². The van der Waals surface area contributed by atoms with Crippen LogP contribution in [0.1, 0.15) is 49.1 Å². The average molecular weight is 462 g/mol. The van der Waals surface area contributed by atoms with Gasteiger partial charge in [-0.2, -0.15) is 0 Å². The number of hydrogen-bond acceptors (Lipinski definition) is 7. The van der Waals surface area contributed by atoms with Crippen molar-refractivity contribution < 1.29 is 23.7 Å². The molecule has 1 amide bonds. The number of carbonyl (C=O) groups excluding carboxylic acids is 1. The summed E-state index contributed by atoms with van der Waals surface area (Å²) in [5, 5.41) is 5.59. The van der Waals surface area contributed by atoms with Crippen LogP contribution in [-0.4, -0.2) is 54.0 Å². The number of benzene rings is 1. The number of rotatable bonds is 3. The largest absolute Gasteiger partial charge is 0.493 e. The van der Waals surface area contributed by atoms with Gasteiger partial charge < -0.3 is 24.3 Å². The first-order valence-corrected chi connectivity index (χ1v) is 11.8. The Morgan fingerprint density at radius 3 is 2.78 bits per heavy atom.